The second kappa shape index (κ2) is 5.11. The first-order chi connectivity index (χ1) is 10.3. The van der Waals surface area contributed by atoms with Crippen LogP contribution < -0.4 is 4.90 Å². The van der Waals surface area contributed by atoms with Crippen LogP contribution in [0.15, 0.2) is 28.2 Å². The molecule has 1 aliphatic heterocycles. The number of fused-ring (bicyclic) bond motifs is 1. The van der Waals surface area contributed by atoms with Crippen LogP contribution >= 0.6 is 11.3 Å². The van der Waals surface area contributed by atoms with Crippen LogP contribution in [0.5, 0.6) is 0 Å². The molecule has 0 amide bonds. The van der Waals surface area contributed by atoms with E-state index in [1.807, 2.05) is 13.1 Å². The van der Waals surface area contributed by atoms with Gasteiger partial charge in [0.15, 0.2) is 5.82 Å². The van der Waals surface area contributed by atoms with E-state index in [1.165, 1.54) is 10.4 Å². The average molecular weight is 300 g/mol. The minimum absolute atomic E-state index is 0.392. The Labute approximate surface area is 126 Å². The predicted molar refractivity (Wildman–Crippen MR) is 82.8 cm³/mol. The first-order valence-electron chi connectivity index (χ1n) is 7.18. The zero-order valence-electron chi connectivity index (χ0n) is 11.8. The van der Waals surface area contributed by atoms with Gasteiger partial charge in [0, 0.05) is 25.2 Å². The van der Waals surface area contributed by atoms with Crippen molar-refractivity contribution in [2.45, 2.75) is 25.7 Å². The van der Waals surface area contributed by atoms with Crippen LogP contribution in [-0.4, -0.2) is 28.2 Å². The summed E-state index contributed by atoms with van der Waals surface area (Å²) in [4.78, 5) is 11.2. The average Bonchev–Trinajstić information content (AvgIpc) is 3.15. The molecule has 1 fully saturated rings. The van der Waals surface area contributed by atoms with E-state index in [9.17, 15) is 0 Å². The lowest BCUT2D eigenvalue weighted by atomic mass is 9.96. The van der Waals surface area contributed by atoms with E-state index in [0.717, 1.165) is 43.2 Å². The summed E-state index contributed by atoms with van der Waals surface area (Å²) in [6, 6.07) is 4.20. The van der Waals surface area contributed by atoms with Crippen molar-refractivity contribution in [2.24, 2.45) is 0 Å². The number of pyridine rings is 1. The van der Waals surface area contributed by atoms with Gasteiger partial charge in [0.05, 0.1) is 15.9 Å². The molecule has 3 aromatic heterocycles. The molecule has 0 aromatic carbocycles. The lowest BCUT2D eigenvalue weighted by molar-refractivity contribution is 0.327. The lowest BCUT2D eigenvalue weighted by Crippen LogP contribution is -2.33. The maximum Gasteiger partial charge on any atom is 0.229 e. The minimum atomic E-state index is 0.392. The zero-order valence-corrected chi connectivity index (χ0v) is 12.6. The van der Waals surface area contributed by atoms with Crippen molar-refractivity contribution in [1.82, 2.24) is 15.1 Å². The molecule has 0 atom stereocenters. The number of hydrogen-bond acceptors (Lipinski definition) is 6. The monoisotopic (exact) mass is 300 g/mol. The number of piperidine rings is 1. The van der Waals surface area contributed by atoms with Gasteiger partial charge in [-0.25, -0.2) is 0 Å². The van der Waals surface area contributed by atoms with Crippen molar-refractivity contribution in [2.75, 3.05) is 18.0 Å². The summed E-state index contributed by atoms with van der Waals surface area (Å²) in [5.41, 5.74) is 2.39. The first kappa shape index (κ1) is 12.8. The Morgan fingerprint density at radius 3 is 2.90 bits per heavy atom. The minimum Gasteiger partial charge on any atom is -0.370 e. The molecule has 6 heteroatoms. The molecular weight excluding hydrogens is 284 g/mol. The Bertz CT molecular complexity index is 758. The summed E-state index contributed by atoms with van der Waals surface area (Å²) in [5.74, 6) is 1.91. The Morgan fingerprint density at radius 1 is 1.29 bits per heavy atom. The topological polar surface area (TPSA) is 55.1 Å². The summed E-state index contributed by atoms with van der Waals surface area (Å²) in [6.07, 6.45) is 4.01. The van der Waals surface area contributed by atoms with Gasteiger partial charge in [0.25, 0.3) is 0 Å². The number of thiophene rings is 1. The highest BCUT2D eigenvalue weighted by Gasteiger charge is 2.25. The van der Waals surface area contributed by atoms with Gasteiger partial charge >= 0.3 is 0 Å². The van der Waals surface area contributed by atoms with Crippen molar-refractivity contribution >= 4 is 27.2 Å². The van der Waals surface area contributed by atoms with E-state index < -0.39 is 0 Å². The van der Waals surface area contributed by atoms with E-state index in [1.54, 1.807) is 11.3 Å². The molecule has 21 heavy (non-hydrogen) atoms. The Morgan fingerprint density at radius 2 is 2.14 bits per heavy atom. The maximum atomic E-state index is 5.31. The fourth-order valence-electron chi connectivity index (χ4n) is 2.95. The molecule has 4 heterocycles. The van der Waals surface area contributed by atoms with Crippen molar-refractivity contribution < 1.29 is 4.52 Å². The van der Waals surface area contributed by atoms with Crippen molar-refractivity contribution in [1.29, 1.82) is 0 Å². The standard InChI is InChI=1S/C15H16N4OS/c1-10-17-15(20-18-10)11-3-7-19(8-4-11)13-2-6-16-12-5-9-21-14(12)13/h2,5-6,9,11H,3-4,7-8H2,1H3. The third kappa shape index (κ3) is 2.29. The van der Waals surface area contributed by atoms with Crippen LogP contribution in [0.4, 0.5) is 5.69 Å². The molecular formula is C15H16N4OS. The second-order valence-electron chi connectivity index (χ2n) is 5.41. The van der Waals surface area contributed by atoms with E-state index >= 15 is 0 Å². The molecule has 0 N–H and O–H groups in total. The van der Waals surface area contributed by atoms with Crippen molar-refractivity contribution in [3.05, 3.63) is 35.4 Å². The van der Waals surface area contributed by atoms with Gasteiger partial charge < -0.3 is 9.42 Å². The van der Waals surface area contributed by atoms with Crippen LogP contribution in [-0.2, 0) is 0 Å². The lowest BCUT2D eigenvalue weighted by Gasteiger charge is -2.32. The van der Waals surface area contributed by atoms with E-state index in [-0.39, 0.29) is 0 Å². The normalized spacial score (nSPS) is 16.7. The van der Waals surface area contributed by atoms with Crippen molar-refractivity contribution in [3.8, 4) is 0 Å². The van der Waals surface area contributed by atoms with Gasteiger partial charge in [0.1, 0.15) is 0 Å². The smallest absolute Gasteiger partial charge is 0.229 e. The van der Waals surface area contributed by atoms with E-state index in [4.69, 9.17) is 4.52 Å². The number of nitrogens with zero attached hydrogens (tertiary/aromatic N) is 4. The van der Waals surface area contributed by atoms with Crippen LogP contribution in [0.2, 0.25) is 0 Å². The largest absolute Gasteiger partial charge is 0.370 e. The Hall–Kier alpha value is -1.95. The fraction of sp³-hybridized carbons (Fsp3) is 0.400. The second-order valence-corrected chi connectivity index (χ2v) is 6.32. The molecule has 108 valence electrons. The van der Waals surface area contributed by atoms with Gasteiger partial charge in [-0.05, 0) is 37.3 Å². The molecule has 1 aliphatic rings. The molecule has 4 rings (SSSR count). The molecule has 1 saturated heterocycles. The van der Waals surface area contributed by atoms with E-state index in [2.05, 4.69) is 37.5 Å². The zero-order chi connectivity index (χ0) is 14.2. The number of aryl methyl sites for hydroxylation is 1. The van der Waals surface area contributed by atoms with E-state index in [0.29, 0.717) is 5.92 Å². The molecule has 0 radical (unpaired) electrons. The van der Waals surface area contributed by atoms with Crippen LogP contribution in [0, 0.1) is 6.92 Å². The Balaban J connectivity index is 1.53. The number of rotatable bonds is 2. The highest BCUT2D eigenvalue weighted by atomic mass is 32.1. The molecule has 0 aliphatic carbocycles. The number of aromatic nitrogens is 3. The quantitative estimate of drug-likeness (QED) is 0.726. The highest BCUT2D eigenvalue weighted by molar-refractivity contribution is 7.17. The number of anilines is 1. The molecule has 0 unspecified atom stereocenters. The first-order valence-corrected chi connectivity index (χ1v) is 8.06. The van der Waals surface area contributed by atoms with Gasteiger partial charge in [-0.3, -0.25) is 4.98 Å². The van der Waals surface area contributed by atoms with Crippen LogP contribution in [0.1, 0.15) is 30.5 Å². The van der Waals surface area contributed by atoms with Gasteiger partial charge in [-0.2, -0.15) is 4.98 Å². The number of hydrogen-bond donors (Lipinski definition) is 0. The highest BCUT2D eigenvalue weighted by Crippen LogP contribution is 2.34. The van der Waals surface area contributed by atoms with Crippen LogP contribution in [0.25, 0.3) is 10.2 Å². The molecule has 3 aromatic rings. The van der Waals surface area contributed by atoms with Crippen molar-refractivity contribution in [3.63, 3.8) is 0 Å². The van der Waals surface area contributed by atoms with Gasteiger partial charge in [0.2, 0.25) is 5.89 Å². The summed E-state index contributed by atoms with van der Waals surface area (Å²) >= 11 is 1.76. The third-order valence-electron chi connectivity index (χ3n) is 4.05. The molecule has 0 saturated carbocycles. The summed E-state index contributed by atoms with van der Waals surface area (Å²) < 4.78 is 6.60. The van der Waals surface area contributed by atoms with Gasteiger partial charge in [-0.15, -0.1) is 11.3 Å². The molecule has 0 bridgehead atoms. The Kier molecular flexibility index (Phi) is 3.11. The third-order valence-corrected chi connectivity index (χ3v) is 4.98. The fourth-order valence-corrected chi connectivity index (χ4v) is 3.85. The summed E-state index contributed by atoms with van der Waals surface area (Å²) in [6.45, 7) is 3.90. The SMILES string of the molecule is Cc1noc(C2CCN(c3ccnc4ccsc34)CC2)n1. The van der Waals surface area contributed by atoms with Gasteiger partial charge in [-0.1, -0.05) is 5.16 Å². The predicted octanol–water partition coefficient (Wildman–Crippen LogP) is 3.37. The maximum absolute atomic E-state index is 5.31. The summed E-state index contributed by atoms with van der Waals surface area (Å²) in [5, 5.41) is 6.00. The molecule has 5 nitrogen and oxygen atoms in total. The molecule has 0 spiro atoms. The van der Waals surface area contributed by atoms with Crippen LogP contribution in [0.3, 0.4) is 0 Å². The summed E-state index contributed by atoms with van der Waals surface area (Å²) in [7, 11) is 0.